The van der Waals surface area contributed by atoms with E-state index >= 15 is 0 Å². The van der Waals surface area contributed by atoms with E-state index in [-0.39, 0.29) is 18.0 Å². The third-order valence-corrected chi connectivity index (χ3v) is 4.41. The summed E-state index contributed by atoms with van der Waals surface area (Å²) in [6.45, 7) is 2.12. The van der Waals surface area contributed by atoms with Gasteiger partial charge in [0.1, 0.15) is 5.60 Å². The Labute approximate surface area is 119 Å². The van der Waals surface area contributed by atoms with Gasteiger partial charge in [-0.05, 0) is 43.6 Å². The van der Waals surface area contributed by atoms with Crippen LogP contribution in [0.5, 0.6) is 0 Å². The fourth-order valence-corrected chi connectivity index (χ4v) is 3.50. The van der Waals surface area contributed by atoms with Gasteiger partial charge in [0.25, 0.3) is 0 Å². The van der Waals surface area contributed by atoms with Crippen LogP contribution in [0.1, 0.15) is 45.4 Å². The largest absolute Gasteiger partial charge is 0.393 e. The number of aliphatic hydroxyl groups is 1. The van der Waals surface area contributed by atoms with Crippen LogP contribution in [0.15, 0.2) is 24.3 Å². The zero-order valence-corrected chi connectivity index (χ0v) is 11.9. The van der Waals surface area contributed by atoms with Crippen LogP contribution in [0.4, 0.5) is 0 Å². The Morgan fingerprint density at radius 1 is 1.35 bits per heavy atom. The van der Waals surface area contributed by atoms with Crippen LogP contribution < -0.4 is 0 Å². The Hall–Kier alpha value is -0.970. The van der Waals surface area contributed by atoms with Crippen LogP contribution in [0.2, 0.25) is 0 Å². The molecule has 0 saturated carbocycles. The zero-order valence-electron chi connectivity index (χ0n) is 11.9. The smallest absolute Gasteiger partial charge is 0.178 e. The van der Waals surface area contributed by atoms with Gasteiger partial charge in [-0.1, -0.05) is 13.3 Å². The molecule has 3 aliphatic rings. The Morgan fingerprint density at radius 3 is 2.80 bits per heavy atom. The van der Waals surface area contributed by atoms with E-state index in [9.17, 15) is 9.90 Å². The molecule has 2 spiro atoms. The van der Waals surface area contributed by atoms with Crippen LogP contribution >= 0.6 is 0 Å². The normalized spacial score (nSPS) is 39.0. The Kier molecular flexibility index (Phi) is 3.56. The maximum Gasteiger partial charge on any atom is 0.178 e. The monoisotopic (exact) mass is 278 g/mol. The lowest BCUT2D eigenvalue weighted by Gasteiger charge is -2.41. The van der Waals surface area contributed by atoms with Crippen molar-refractivity contribution >= 4 is 5.78 Å². The minimum atomic E-state index is -0.688. The number of allylic oxidation sites excluding steroid dienone is 2. The molecular formula is C16H22O4. The number of ketones is 1. The van der Waals surface area contributed by atoms with Crippen LogP contribution in [-0.2, 0) is 14.3 Å². The molecule has 0 aromatic carbocycles. The first-order valence-corrected chi connectivity index (χ1v) is 7.53. The first kappa shape index (κ1) is 14.0. The molecule has 1 aliphatic carbocycles. The number of carbonyl (C=O) groups excluding carboxylic acids is 1. The van der Waals surface area contributed by atoms with E-state index in [4.69, 9.17) is 9.47 Å². The van der Waals surface area contributed by atoms with Crippen molar-refractivity contribution in [1.82, 2.24) is 0 Å². The third kappa shape index (κ3) is 2.60. The Balaban J connectivity index is 1.76. The fourth-order valence-electron chi connectivity index (χ4n) is 3.50. The molecule has 0 unspecified atom stereocenters. The highest BCUT2D eigenvalue weighted by molar-refractivity contribution is 6.00. The van der Waals surface area contributed by atoms with E-state index in [1.54, 1.807) is 12.2 Å². The van der Waals surface area contributed by atoms with Gasteiger partial charge in [0.15, 0.2) is 11.6 Å². The molecule has 0 bridgehead atoms. The molecule has 2 aliphatic heterocycles. The molecule has 0 amide bonds. The number of hydrogen-bond donors (Lipinski definition) is 1. The molecule has 4 heteroatoms. The SMILES string of the molecule is CCC[C@@H]1C[C@@H](O)C[C@]2(CCC3(C=CC(=O)C=C3)O2)O1. The summed E-state index contributed by atoms with van der Waals surface area (Å²) in [6, 6.07) is 0. The van der Waals surface area contributed by atoms with Gasteiger partial charge in [0, 0.05) is 12.8 Å². The molecule has 2 saturated heterocycles. The van der Waals surface area contributed by atoms with E-state index in [0.717, 1.165) is 25.7 Å². The van der Waals surface area contributed by atoms with Crippen LogP contribution in [0.3, 0.4) is 0 Å². The van der Waals surface area contributed by atoms with Gasteiger partial charge in [-0.25, -0.2) is 0 Å². The molecule has 2 heterocycles. The lowest BCUT2D eigenvalue weighted by Crippen LogP contribution is -2.47. The predicted molar refractivity (Wildman–Crippen MR) is 74.1 cm³/mol. The summed E-state index contributed by atoms with van der Waals surface area (Å²) in [5.41, 5.74) is -0.526. The minimum Gasteiger partial charge on any atom is -0.393 e. The van der Waals surface area contributed by atoms with Gasteiger partial charge in [0.2, 0.25) is 0 Å². The molecule has 3 atom stereocenters. The summed E-state index contributed by atoms with van der Waals surface area (Å²) in [6.07, 6.45) is 11.2. The molecule has 4 nitrogen and oxygen atoms in total. The van der Waals surface area contributed by atoms with E-state index in [1.807, 2.05) is 12.2 Å². The van der Waals surface area contributed by atoms with Gasteiger partial charge in [-0.15, -0.1) is 0 Å². The molecule has 2 fully saturated rings. The minimum absolute atomic E-state index is 0.00590. The number of rotatable bonds is 2. The average molecular weight is 278 g/mol. The van der Waals surface area contributed by atoms with Crippen molar-refractivity contribution in [3.8, 4) is 0 Å². The van der Waals surface area contributed by atoms with Crippen molar-refractivity contribution in [3.05, 3.63) is 24.3 Å². The van der Waals surface area contributed by atoms with Gasteiger partial charge < -0.3 is 14.6 Å². The standard InChI is InChI=1S/C16H22O4/c1-2-3-14-10-13(18)11-16(19-14)9-8-15(20-16)6-4-12(17)5-7-15/h4-7,13-14,18H,2-3,8-11H2,1H3/t13-,14-,16-/m1/s1. The number of hydrogen-bond acceptors (Lipinski definition) is 4. The quantitative estimate of drug-likeness (QED) is 0.842. The second kappa shape index (κ2) is 5.10. The molecule has 110 valence electrons. The lowest BCUT2D eigenvalue weighted by molar-refractivity contribution is -0.292. The summed E-state index contributed by atoms with van der Waals surface area (Å²) >= 11 is 0. The van der Waals surface area contributed by atoms with E-state index < -0.39 is 11.4 Å². The highest BCUT2D eigenvalue weighted by Gasteiger charge is 2.52. The lowest BCUT2D eigenvalue weighted by atomic mass is 9.91. The second-order valence-corrected chi connectivity index (χ2v) is 6.16. The summed E-state index contributed by atoms with van der Waals surface area (Å²) in [4.78, 5) is 11.3. The van der Waals surface area contributed by atoms with Crippen LogP contribution in [0, 0.1) is 0 Å². The van der Waals surface area contributed by atoms with Crippen molar-refractivity contribution in [2.75, 3.05) is 0 Å². The molecule has 0 aromatic rings. The van der Waals surface area contributed by atoms with Crippen molar-refractivity contribution in [2.45, 2.75) is 69.0 Å². The molecular weight excluding hydrogens is 256 g/mol. The van der Waals surface area contributed by atoms with Gasteiger partial charge in [0.05, 0.1) is 12.2 Å². The van der Waals surface area contributed by atoms with E-state index in [2.05, 4.69) is 6.92 Å². The maximum atomic E-state index is 11.3. The zero-order chi connectivity index (χ0) is 14.2. The highest BCUT2D eigenvalue weighted by atomic mass is 16.7. The summed E-state index contributed by atoms with van der Waals surface area (Å²) < 4.78 is 12.4. The Morgan fingerprint density at radius 2 is 2.10 bits per heavy atom. The van der Waals surface area contributed by atoms with Crippen molar-refractivity contribution < 1.29 is 19.4 Å². The maximum absolute atomic E-state index is 11.3. The van der Waals surface area contributed by atoms with Gasteiger partial charge in [-0.3, -0.25) is 4.79 Å². The predicted octanol–water partition coefficient (Wildman–Crippen LogP) is 2.27. The molecule has 20 heavy (non-hydrogen) atoms. The van der Waals surface area contributed by atoms with E-state index in [0.29, 0.717) is 12.8 Å². The number of carbonyl (C=O) groups is 1. The Bertz CT molecular complexity index is 437. The topological polar surface area (TPSA) is 55.8 Å². The van der Waals surface area contributed by atoms with Crippen LogP contribution in [-0.4, -0.2) is 34.5 Å². The van der Waals surface area contributed by atoms with Crippen molar-refractivity contribution in [2.24, 2.45) is 0 Å². The molecule has 0 aromatic heterocycles. The van der Waals surface area contributed by atoms with Crippen molar-refractivity contribution in [3.63, 3.8) is 0 Å². The molecule has 1 N–H and O–H groups in total. The van der Waals surface area contributed by atoms with Gasteiger partial charge in [-0.2, -0.15) is 0 Å². The summed E-state index contributed by atoms with van der Waals surface area (Å²) in [7, 11) is 0. The fraction of sp³-hybridized carbons (Fsp3) is 0.688. The second-order valence-electron chi connectivity index (χ2n) is 6.16. The van der Waals surface area contributed by atoms with Crippen LogP contribution in [0.25, 0.3) is 0 Å². The summed E-state index contributed by atoms with van der Waals surface area (Å²) in [5.74, 6) is -0.694. The summed E-state index contributed by atoms with van der Waals surface area (Å²) in [5, 5.41) is 10.1. The first-order valence-electron chi connectivity index (χ1n) is 7.53. The molecule has 3 rings (SSSR count). The number of ether oxygens (including phenoxy) is 2. The van der Waals surface area contributed by atoms with Crippen molar-refractivity contribution in [1.29, 1.82) is 0 Å². The average Bonchev–Trinajstić information content (AvgIpc) is 2.71. The van der Waals surface area contributed by atoms with E-state index in [1.165, 1.54) is 0 Å². The van der Waals surface area contributed by atoms with Gasteiger partial charge >= 0.3 is 0 Å². The first-order chi connectivity index (χ1) is 9.55. The highest BCUT2D eigenvalue weighted by Crippen LogP contribution is 2.47. The number of aliphatic hydroxyl groups excluding tert-OH is 1. The third-order valence-electron chi connectivity index (χ3n) is 4.41. The molecule has 0 radical (unpaired) electrons.